The first-order valence-electron chi connectivity index (χ1n) is 8.48. The third-order valence-electron chi connectivity index (χ3n) is 4.69. The molecule has 3 rings (SSSR count). The molecule has 0 radical (unpaired) electrons. The van der Waals surface area contributed by atoms with Crippen LogP contribution in [0.4, 0.5) is 14.6 Å². The van der Waals surface area contributed by atoms with Gasteiger partial charge >= 0.3 is 0 Å². The molecule has 1 aromatic carbocycles. The molecule has 1 aromatic heterocycles. The lowest BCUT2D eigenvalue weighted by atomic mass is 9.99. The van der Waals surface area contributed by atoms with Crippen LogP contribution in [0.15, 0.2) is 42.6 Å². The summed E-state index contributed by atoms with van der Waals surface area (Å²) in [6.07, 6.45) is 3.94. The molecule has 3 nitrogen and oxygen atoms in total. The van der Waals surface area contributed by atoms with Gasteiger partial charge in [-0.1, -0.05) is 19.1 Å². The molecule has 0 bridgehead atoms. The van der Waals surface area contributed by atoms with Crippen molar-refractivity contribution in [3.8, 4) is 0 Å². The number of aromatic nitrogens is 1. The van der Waals surface area contributed by atoms with Crippen LogP contribution in [0.5, 0.6) is 0 Å². The van der Waals surface area contributed by atoms with E-state index >= 15 is 0 Å². The van der Waals surface area contributed by atoms with Crippen molar-refractivity contribution in [2.24, 2.45) is 0 Å². The highest BCUT2D eigenvalue weighted by Gasteiger charge is 2.20. The Morgan fingerprint density at radius 3 is 2.62 bits per heavy atom. The molecule has 0 amide bonds. The van der Waals surface area contributed by atoms with E-state index in [-0.39, 0.29) is 5.92 Å². The second-order valence-electron chi connectivity index (χ2n) is 6.43. The van der Waals surface area contributed by atoms with Crippen molar-refractivity contribution >= 4 is 5.82 Å². The molecule has 1 N–H and O–H groups in total. The fourth-order valence-electron chi connectivity index (χ4n) is 3.13. The first-order valence-corrected chi connectivity index (χ1v) is 8.48. The van der Waals surface area contributed by atoms with Gasteiger partial charge in [0.05, 0.1) is 0 Å². The van der Waals surface area contributed by atoms with Crippen LogP contribution in [0, 0.1) is 11.6 Å². The topological polar surface area (TPSA) is 28.2 Å². The Labute approximate surface area is 141 Å². The molecule has 128 valence electrons. The zero-order chi connectivity index (χ0) is 16.9. The summed E-state index contributed by atoms with van der Waals surface area (Å²) in [6, 6.07) is 10.6. The summed E-state index contributed by atoms with van der Waals surface area (Å²) in [6.45, 7) is 4.75. The quantitative estimate of drug-likeness (QED) is 0.905. The Morgan fingerprint density at radius 1 is 1.17 bits per heavy atom. The van der Waals surface area contributed by atoms with E-state index in [0.29, 0.717) is 6.04 Å². The number of nitrogens with zero attached hydrogens (tertiary/aromatic N) is 2. The maximum atomic E-state index is 13.3. The van der Waals surface area contributed by atoms with Crippen molar-refractivity contribution in [3.05, 3.63) is 59.8 Å². The van der Waals surface area contributed by atoms with Crippen LogP contribution in [-0.4, -0.2) is 30.7 Å². The van der Waals surface area contributed by atoms with Gasteiger partial charge in [0, 0.05) is 31.9 Å². The number of hydrogen-bond donors (Lipinski definition) is 1. The lowest BCUT2D eigenvalue weighted by molar-refractivity contribution is 0.404. The number of piperidine rings is 1. The van der Waals surface area contributed by atoms with Crippen molar-refractivity contribution in [1.29, 1.82) is 0 Å². The van der Waals surface area contributed by atoms with E-state index in [2.05, 4.69) is 15.2 Å². The van der Waals surface area contributed by atoms with Crippen LogP contribution in [0.1, 0.15) is 31.2 Å². The zero-order valence-corrected chi connectivity index (χ0v) is 13.9. The van der Waals surface area contributed by atoms with Crippen LogP contribution < -0.4 is 10.2 Å². The van der Waals surface area contributed by atoms with E-state index in [1.165, 1.54) is 12.1 Å². The van der Waals surface area contributed by atoms with E-state index in [1.807, 2.05) is 31.3 Å². The molecule has 1 fully saturated rings. The van der Waals surface area contributed by atoms with Crippen molar-refractivity contribution < 1.29 is 8.78 Å². The molecular formula is C19H23F2N3. The van der Waals surface area contributed by atoms with Gasteiger partial charge in [0.2, 0.25) is 0 Å². The molecule has 2 heterocycles. The minimum atomic E-state index is -0.791. The second-order valence-corrected chi connectivity index (χ2v) is 6.43. The summed E-state index contributed by atoms with van der Waals surface area (Å²) in [5.74, 6) is -0.385. The Hall–Kier alpha value is -2.01. The molecule has 5 heteroatoms. The average molecular weight is 331 g/mol. The van der Waals surface area contributed by atoms with Gasteiger partial charge in [-0.2, -0.15) is 0 Å². The minimum absolute atomic E-state index is 0.147. The monoisotopic (exact) mass is 331 g/mol. The first-order chi connectivity index (χ1) is 11.6. The fourth-order valence-corrected chi connectivity index (χ4v) is 3.13. The normalized spacial score (nSPS) is 17.0. The Kier molecular flexibility index (Phi) is 5.41. The first kappa shape index (κ1) is 16.8. The van der Waals surface area contributed by atoms with E-state index < -0.39 is 11.6 Å². The van der Waals surface area contributed by atoms with E-state index in [1.54, 1.807) is 6.07 Å². The summed E-state index contributed by atoms with van der Waals surface area (Å²) in [5, 5.41) is 3.56. The molecule has 0 spiro atoms. The number of nitrogens with one attached hydrogen (secondary N) is 1. The van der Waals surface area contributed by atoms with Crippen molar-refractivity contribution in [2.75, 3.05) is 24.5 Å². The molecule has 1 saturated heterocycles. The summed E-state index contributed by atoms with van der Waals surface area (Å²) in [7, 11) is 0. The van der Waals surface area contributed by atoms with Gasteiger partial charge in [-0.25, -0.2) is 13.8 Å². The number of halogens is 2. The third kappa shape index (κ3) is 4.09. The maximum absolute atomic E-state index is 13.3. The van der Waals surface area contributed by atoms with Gasteiger partial charge in [0.15, 0.2) is 11.6 Å². The SMILES string of the molecule is C[C@H](CNC1CCN(c2ccccn2)CC1)c1ccc(F)c(F)c1. The third-order valence-corrected chi connectivity index (χ3v) is 4.69. The molecular weight excluding hydrogens is 308 g/mol. The highest BCUT2D eigenvalue weighted by molar-refractivity contribution is 5.38. The molecule has 2 aromatic rings. The van der Waals surface area contributed by atoms with Gasteiger partial charge in [-0.05, 0) is 48.6 Å². The van der Waals surface area contributed by atoms with Crippen LogP contribution in [-0.2, 0) is 0 Å². The number of pyridine rings is 1. The largest absolute Gasteiger partial charge is 0.357 e. The molecule has 1 aliphatic heterocycles. The molecule has 0 unspecified atom stereocenters. The molecule has 24 heavy (non-hydrogen) atoms. The van der Waals surface area contributed by atoms with Gasteiger partial charge < -0.3 is 10.2 Å². The van der Waals surface area contributed by atoms with Crippen molar-refractivity contribution in [2.45, 2.75) is 31.7 Å². The van der Waals surface area contributed by atoms with Gasteiger partial charge in [-0.15, -0.1) is 0 Å². The molecule has 1 aliphatic rings. The van der Waals surface area contributed by atoms with E-state index in [9.17, 15) is 8.78 Å². The van der Waals surface area contributed by atoms with Crippen LogP contribution >= 0.6 is 0 Å². The molecule has 0 aliphatic carbocycles. The predicted molar refractivity (Wildman–Crippen MR) is 92.2 cm³/mol. The average Bonchev–Trinajstić information content (AvgIpc) is 2.63. The molecule has 0 saturated carbocycles. The van der Waals surface area contributed by atoms with Crippen LogP contribution in [0.25, 0.3) is 0 Å². The number of hydrogen-bond acceptors (Lipinski definition) is 3. The van der Waals surface area contributed by atoms with Gasteiger partial charge in [-0.3, -0.25) is 0 Å². The highest BCUT2D eigenvalue weighted by atomic mass is 19.2. The summed E-state index contributed by atoms with van der Waals surface area (Å²) in [5.41, 5.74) is 0.826. The second kappa shape index (κ2) is 7.71. The lowest BCUT2D eigenvalue weighted by Crippen LogP contribution is -2.43. The van der Waals surface area contributed by atoms with Gasteiger partial charge in [0.1, 0.15) is 5.82 Å². The van der Waals surface area contributed by atoms with Crippen LogP contribution in [0.3, 0.4) is 0 Å². The zero-order valence-electron chi connectivity index (χ0n) is 13.9. The number of benzene rings is 1. The lowest BCUT2D eigenvalue weighted by Gasteiger charge is -2.33. The van der Waals surface area contributed by atoms with Crippen molar-refractivity contribution in [1.82, 2.24) is 10.3 Å². The van der Waals surface area contributed by atoms with E-state index in [4.69, 9.17) is 0 Å². The number of anilines is 1. The Morgan fingerprint density at radius 2 is 1.96 bits per heavy atom. The summed E-state index contributed by atoms with van der Waals surface area (Å²) >= 11 is 0. The predicted octanol–water partition coefficient (Wildman–Crippen LogP) is 3.72. The maximum Gasteiger partial charge on any atom is 0.159 e. The summed E-state index contributed by atoms with van der Waals surface area (Å²) in [4.78, 5) is 6.70. The minimum Gasteiger partial charge on any atom is -0.357 e. The Balaban J connectivity index is 1.47. The van der Waals surface area contributed by atoms with E-state index in [0.717, 1.165) is 43.9 Å². The van der Waals surface area contributed by atoms with Crippen LogP contribution in [0.2, 0.25) is 0 Å². The number of rotatable bonds is 5. The molecule has 1 atom stereocenters. The highest BCUT2D eigenvalue weighted by Crippen LogP contribution is 2.20. The Bertz CT molecular complexity index is 655. The smallest absolute Gasteiger partial charge is 0.159 e. The van der Waals surface area contributed by atoms with Crippen molar-refractivity contribution in [3.63, 3.8) is 0 Å². The summed E-state index contributed by atoms with van der Waals surface area (Å²) < 4.78 is 26.3. The fraction of sp³-hybridized carbons (Fsp3) is 0.421. The van der Waals surface area contributed by atoms with Gasteiger partial charge in [0.25, 0.3) is 0 Å². The standard InChI is InChI=1S/C19H23F2N3/c1-14(15-5-6-17(20)18(21)12-15)13-23-16-7-10-24(11-8-16)19-4-2-3-9-22-19/h2-6,9,12,14,16,23H,7-8,10-11,13H2,1H3/t14-/m1/s1.